The Hall–Kier alpha value is -3.16. The van der Waals surface area contributed by atoms with Crippen LogP contribution in [0.4, 0.5) is 0 Å². The molecule has 1 atom stereocenters. The van der Waals surface area contributed by atoms with E-state index in [0.717, 1.165) is 11.3 Å². The molecule has 0 saturated carbocycles. The van der Waals surface area contributed by atoms with Crippen molar-refractivity contribution < 1.29 is 14.3 Å². The summed E-state index contributed by atoms with van der Waals surface area (Å²) in [7, 11) is 0. The van der Waals surface area contributed by atoms with E-state index in [0.29, 0.717) is 43.4 Å². The molecule has 2 aromatic carbocycles. The first kappa shape index (κ1) is 22.0. The Bertz CT molecular complexity index is 1060. The fourth-order valence-electron chi connectivity index (χ4n) is 3.88. The van der Waals surface area contributed by atoms with Crippen molar-refractivity contribution in [3.05, 3.63) is 83.1 Å². The minimum absolute atomic E-state index is 0.0639. The van der Waals surface area contributed by atoms with Gasteiger partial charge in [-0.2, -0.15) is 5.10 Å². The zero-order valence-corrected chi connectivity index (χ0v) is 18.6. The van der Waals surface area contributed by atoms with Crippen molar-refractivity contribution in [1.82, 2.24) is 19.6 Å². The van der Waals surface area contributed by atoms with Crippen LogP contribution in [-0.2, 0) is 9.53 Å². The predicted molar refractivity (Wildman–Crippen MR) is 122 cm³/mol. The predicted octanol–water partition coefficient (Wildman–Crippen LogP) is 3.59. The van der Waals surface area contributed by atoms with Crippen molar-refractivity contribution in [2.75, 3.05) is 32.8 Å². The molecule has 0 aliphatic carbocycles. The lowest BCUT2D eigenvalue weighted by atomic mass is 10.0. The first-order valence-electron chi connectivity index (χ1n) is 10.6. The average molecular weight is 453 g/mol. The molecule has 1 aliphatic heterocycles. The highest BCUT2D eigenvalue weighted by atomic mass is 35.5. The molecule has 1 aromatic heterocycles. The number of carbonyl (C=O) groups excluding carboxylic acids is 2. The van der Waals surface area contributed by atoms with Gasteiger partial charge in [0.05, 0.1) is 24.1 Å². The van der Waals surface area contributed by atoms with E-state index in [1.807, 2.05) is 42.5 Å². The molecular formula is C24H25ClN4O3. The molecule has 1 fully saturated rings. The molecule has 2 heterocycles. The average Bonchev–Trinajstić information content (AvgIpc) is 3.32. The second kappa shape index (κ2) is 9.97. The Kier molecular flexibility index (Phi) is 6.87. The van der Waals surface area contributed by atoms with Crippen LogP contribution in [0.5, 0.6) is 0 Å². The third kappa shape index (κ3) is 4.84. The summed E-state index contributed by atoms with van der Waals surface area (Å²) in [5.74, 6) is -0.357. The van der Waals surface area contributed by atoms with Crippen molar-refractivity contribution in [2.45, 2.75) is 13.0 Å². The number of para-hydroxylation sites is 1. The summed E-state index contributed by atoms with van der Waals surface area (Å²) in [4.78, 5) is 29.6. The largest absolute Gasteiger partial charge is 0.465 e. The number of benzene rings is 2. The quantitative estimate of drug-likeness (QED) is 0.535. The standard InChI is InChI=1S/C24H25ClN4O3/c1-2-32-24(31)22(18-8-10-20(25)11-9-18)27-12-14-28(15-13-27)23(30)19-16-26-29(17-19)21-6-4-3-5-7-21/h3-11,16-17,22H,2,12-15H2,1H3. The topological polar surface area (TPSA) is 67.7 Å². The summed E-state index contributed by atoms with van der Waals surface area (Å²) in [6.45, 7) is 4.25. The van der Waals surface area contributed by atoms with Gasteiger partial charge in [-0.15, -0.1) is 0 Å². The molecule has 32 heavy (non-hydrogen) atoms. The molecule has 0 spiro atoms. The van der Waals surface area contributed by atoms with Crippen LogP contribution in [0.25, 0.3) is 5.69 Å². The van der Waals surface area contributed by atoms with Crippen LogP contribution in [0.15, 0.2) is 67.0 Å². The molecule has 1 unspecified atom stereocenters. The molecule has 0 radical (unpaired) electrons. The highest BCUT2D eigenvalue weighted by molar-refractivity contribution is 6.30. The first-order chi connectivity index (χ1) is 15.6. The Morgan fingerprint density at radius 3 is 2.38 bits per heavy atom. The van der Waals surface area contributed by atoms with Crippen molar-refractivity contribution in [3.8, 4) is 5.69 Å². The van der Waals surface area contributed by atoms with E-state index in [9.17, 15) is 9.59 Å². The number of hydrogen-bond acceptors (Lipinski definition) is 5. The van der Waals surface area contributed by atoms with E-state index in [1.165, 1.54) is 0 Å². The highest BCUT2D eigenvalue weighted by Gasteiger charge is 2.33. The van der Waals surface area contributed by atoms with Crippen molar-refractivity contribution in [3.63, 3.8) is 0 Å². The SMILES string of the molecule is CCOC(=O)C(c1ccc(Cl)cc1)N1CCN(C(=O)c2cnn(-c3ccccc3)c2)CC1. The smallest absolute Gasteiger partial charge is 0.328 e. The molecule has 166 valence electrons. The number of aromatic nitrogens is 2. The Labute approximate surface area is 192 Å². The van der Waals surface area contributed by atoms with E-state index in [4.69, 9.17) is 16.3 Å². The van der Waals surface area contributed by atoms with Gasteiger partial charge in [0.1, 0.15) is 6.04 Å². The second-order valence-electron chi connectivity index (χ2n) is 7.54. The molecule has 8 heteroatoms. The maximum atomic E-state index is 13.0. The fourth-order valence-corrected chi connectivity index (χ4v) is 4.01. The maximum absolute atomic E-state index is 13.0. The minimum Gasteiger partial charge on any atom is -0.465 e. The summed E-state index contributed by atoms with van der Waals surface area (Å²) < 4.78 is 7.02. The van der Waals surface area contributed by atoms with Crippen LogP contribution >= 0.6 is 11.6 Å². The van der Waals surface area contributed by atoms with Crippen molar-refractivity contribution in [1.29, 1.82) is 0 Å². The lowest BCUT2D eigenvalue weighted by Gasteiger charge is -2.38. The van der Waals surface area contributed by atoms with Crippen LogP contribution in [0.1, 0.15) is 28.9 Å². The highest BCUT2D eigenvalue weighted by Crippen LogP contribution is 2.26. The Morgan fingerprint density at radius 1 is 1.03 bits per heavy atom. The van der Waals surface area contributed by atoms with Gasteiger partial charge < -0.3 is 9.64 Å². The van der Waals surface area contributed by atoms with Gasteiger partial charge in [0, 0.05) is 37.4 Å². The summed E-state index contributed by atoms with van der Waals surface area (Å²) in [6.07, 6.45) is 3.34. The van der Waals surface area contributed by atoms with Gasteiger partial charge in [0.15, 0.2) is 0 Å². The number of piperazine rings is 1. The van der Waals surface area contributed by atoms with Gasteiger partial charge in [0.2, 0.25) is 0 Å². The lowest BCUT2D eigenvalue weighted by molar-refractivity contribution is -0.150. The molecule has 4 rings (SSSR count). The Morgan fingerprint density at radius 2 is 1.72 bits per heavy atom. The van der Waals surface area contributed by atoms with E-state index in [-0.39, 0.29) is 11.9 Å². The summed E-state index contributed by atoms with van der Waals surface area (Å²) in [5.41, 5.74) is 2.27. The van der Waals surface area contributed by atoms with Crippen LogP contribution in [-0.4, -0.2) is 64.2 Å². The molecular weight excluding hydrogens is 428 g/mol. The number of amides is 1. The third-order valence-corrected chi connectivity index (χ3v) is 5.76. The van der Waals surface area contributed by atoms with Gasteiger partial charge in [0.25, 0.3) is 5.91 Å². The Balaban J connectivity index is 1.44. The molecule has 7 nitrogen and oxygen atoms in total. The van der Waals surface area contributed by atoms with Crippen molar-refractivity contribution in [2.24, 2.45) is 0 Å². The fraction of sp³-hybridized carbons (Fsp3) is 0.292. The number of halogens is 1. The summed E-state index contributed by atoms with van der Waals surface area (Å²) >= 11 is 6.02. The molecule has 0 N–H and O–H groups in total. The van der Waals surface area contributed by atoms with Gasteiger partial charge >= 0.3 is 5.97 Å². The number of ether oxygens (including phenoxy) is 1. The van der Waals surface area contributed by atoms with E-state index in [2.05, 4.69) is 10.00 Å². The van der Waals surface area contributed by atoms with Crippen molar-refractivity contribution >= 4 is 23.5 Å². The molecule has 1 saturated heterocycles. The van der Waals surface area contributed by atoms with Crippen LogP contribution in [0, 0.1) is 0 Å². The van der Waals surface area contributed by atoms with Crippen LogP contribution in [0.3, 0.4) is 0 Å². The number of hydrogen-bond donors (Lipinski definition) is 0. The zero-order valence-electron chi connectivity index (χ0n) is 17.9. The number of nitrogens with zero attached hydrogens (tertiary/aromatic N) is 4. The third-order valence-electron chi connectivity index (χ3n) is 5.51. The summed E-state index contributed by atoms with van der Waals surface area (Å²) in [5, 5.41) is 4.94. The van der Waals surface area contributed by atoms with Gasteiger partial charge in [-0.1, -0.05) is 41.9 Å². The maximum Gasteiger partial charge on any atom is 0.328 e. The zero-order chi connectivity index (χ0) is 22.5. The van der Waals surface area contributed by atoms with Gasteiger partial charge in [-0.3, -0.25) is 9.69 Å². The molecule has 3 aromatic rings. The minimum atomic E-state index is -0.523. The summed E-state index contributed by atoms with van der Waals surface area (Å²) in [6, 6.07) is 16.4. The van der Waals surface area contributed by atoms with Gasteiger partial charge in [-0.05, 0) is 36.8 Å². The van der Waals surface area contributed by atoms with Crippen LogP contribution in [0.2, 0.25) is 5.02 Å². The normalized spacial score (nSPS) is 15.4. The molecule has 1 aliphatic rings. The van der Waals surface area contributed by atoms with E-state index >= 15 is 0 Å². The second-order valence-corrected chi connectivity index (χ2v) is 7.98. The van der Waals surface area contributed by atoms with E-state index in [1.54, 1.807) is 41.0 Å². The van der Waals surface area contributed by atoms with Crippen LogP contribution < -0.4 is 0 Å². The molecule has 1 amide bonds. The molecule has 0 bridgehead atoms. The number of esters is 1. The lowest BCUT2D eigenvalue weighted by Crippen LogP contribution is -2.51. The van der Waals surface area contributed by atoms with Gasteiger partial charge in [-0.25, -0.2) is 9.48 Å². The number of rotatable bonds is 6. The first-order valence-corrected chi connectivity index (χ1v) is 11.0. The van der Waals surface area contributed by atoms with E-state index < -0.39 is 6.04 Å². The monoisotopic (exact) mass is 452 g/mol. The number of carbonyl (C=O) groups is 2.